The minimum Gasteiger partial charge on any atom is -0.441 e. The molecule has 0 saturated carbocycles. The number of aryl methyl sites for hydroxylation is 1. The molecule has 0 bridgehead atoms. The molecule has 0 spiro atoms. The molecule has 0 atom stereocenters. The molecule has 0 aliphatic heterocycles. The highest BCUT2D eigenvalue weighted by molar-refractivity contribution is 5.95. The monoisotopic (exact) mass is 350 g/mol. The summed E-state index contributed by atoms with van der Waals surface area (Å²) in [6.07, 6.45) is 1.82. The molecule has 7 heteroatoms. The van der Waals surface area contributed by atoms with E-state index in [1.807, 2.05) is 37.3 Å². The van der Waals surface area contributed by atoms with Crippen molar-refractivity contribution in [3.8, 4) is 11.5 Å². The van der Waals surface area contributed by atoms with E-state index < -0.39 is 5.91 Å². The molecule has 26 heavy (non-hydrogen) atoms. The zero-order chi connectivity index (χ0) is 18.5. The van der Waals surface area contributed by atoms with Gasteiger partial charge >= 0.3 is 0 Å². The van der Waals surface area contributed by atoms with E-state index in [4.69, 9.17) is 10.2 Å². The van der Waals surface area contributed by atoms with Gasteiger partial charge in [-0.1, -0.05) is 18.2 Å². The van der Waals surface area contributed by atoms with Crippen LogP contribution in [0.4, 0.5) is 0 Å². The average Bonchev–Trinajstić information content (AvgIpc) is 3.03. The zero-order valence-electron chi connectivity index (χ0n) is 14.2. The van der Waals surface area contributed by atoms with E-state index in [-0.39, 0.29) is 17.2 Å². The fourth-order valence-corrected chi connectivity index (χ4v) is 2.42. The molecule has 2 amide bonds. The molecule has 3 rings (SSSR count). The van der Waals surface area contributed by atoms with Gasteiger partial charge in [0, 0.05) is 24.7 Å². The van der Waals surface area contributed by atoms with Gasteiger partial charge in [0.1, 0.15) is 11.5 Å². The molecule has 0 fully saturated rings. The van der Waals surface area contributed by atoms with Crippen LogP contribution >= 0.6 is 0 Å². The summed E-state index contributed by atoms with van der Waals surface area (Å²) in [4.78, 5) is 31.5. The number of hydrogen-bond acceptors (Lipinski definition) is 5. The minimum atomic E-state index is -0.583. The van der Waals surface area contributed by atoms with Crippen molar-refractivity contribution in [1.82, 2.24) is 15.3 Å². The fourth-order valence-electron chi connectivity index (χ4n) is 2.42. The van der Waals surface area contributed by atoms with Crippen molar-refractivity contribution in [3.05, 3.63) is 71.4 Å². The van der Waals surface area contributed by atoms with Crippen molar-refractivity contribution in [1.29, 1.82) is 0 Å². The lowest BCUT2D eigenvalue weighted by Crippen LogP contribution is -2.27. The van der Waals surface area contributed by atoms with Gasteiger partial charge in [-0.2, -0.15) is 0 Å². The Morgan fingerprint density at radius 2 is 1.92 bits per heavy atom. The standard InChI is InChI=1S/C19H18N4O3/c1-12-15(23-19(26-12)13-5-3-2-4-6-13)9-10-21-18(25)16-8-7-14(11-22-16)17(20)24/h2-8,11H,9-10H2,1H3,(H2,20,24)(H,21,25). The molecule has 7 nitrogen and oxygen atoms in total. The van der Waals surface area contributed by atoms with Crippen LogP contribution in [0.15, 0.2) is 53.1 Å². The number of rotatable bonds is 6. The number of nitrogens with one attached hydrogen (secondary N) is 1. The van der Waals surface area contributed by atoms with Crippen LogP contribution < -0.4 is 11.1 Å². The van der Waals surface area contributed by atoms with Gasteiger partial charge < -0.3 is 15.5 Å². The third-order valence-electron chi connectivity index (χ3n) is 3.84. The largest absolute Gasteiger partial charge is 0.441 e. The number of hydrogen-bond donors (Lipinski definition) is 2. The van der Waals surface area contributed by atoms with Gasteiger partial charge in [0.2, 0.25) is 11.8 Å². The Balaban J connectivity index is 1.59. The maximum absolute atomic E-state index is 12.1. The molecule has 3 N–H and O–H groups in total. The van der Waals surface area contributed by atoms with Gasteiger partial charge in [-0.3, -0.25) is 14.6 Å². The van der Waals surface area contributed by atoms with E-state index in [0.29, 0.717) is 18.9 Å². The third-order valence-corrected chi connectivity index (χ3v) is 3.84. The Morgan fingerprint density at radius 1 is 1.15 bits per heavy atom. The number of benzene rings is 1. The number of aromatic nitrogens is 2. The summed E-state index contributed by atoms with van der Waals surface area (Å²) in [5.41, 5.74) is 7.32. The molecule has 0 radical (unpaired) electrons. The highest BCUT2D eigenvalue weighted by Gasteiger charge is 2.12. The molecular formula is C19H18N4O3. The van der Waals surface area contributed by atoms with E-state index in [0.717, 1.165) is 17.0 Å². The van der Waals surface area contributed by atoms with Gasteiger partial charge in [-0.05, 0) is 31.2 Å². The summed E-state index contributed by atoms with van der Waals surface area (Å²) in [6, 6.07) is 12.6. The number of oxazole rings is 1. The van der Waals surface area contributed by atoms with E-state index in [9.17, 15) is 9.59 Å². The lowest BCUT2D eigenvalue weighted by molar-refractivity contribution is 0.0946. The smallest absolute Gasteiger partial charge is 0.269 e. The third kappa shape index (κ3) is 3.94. The number of carbonyl (C=O) groups excluding carboxylic acids is 2. The van der Waals surface area contributed by atoms with Crippen LogP contribution in [0.5, 0.6) is 0 Å². The summed E-state index contributed by atoms with van der Waals surface area (Å²) >= 11 is 0. The Morgan fingerprint density at radius 3 is 2.58 bits per heavy atom. The number of primary amides is 1. The Hall–Kier alpha value is -3.48. The second-order valence-corrected chi connectivity index (χ2v) is 5.69. The summed E-state index contributed by atoms with van der Waals surface area (Å²) in [5, 5.41) is 2.77. The molecule has 3 aromatic rings. The molecule has 0 unspecified atom stereocenters. The van der Waals surface area contributed by atoms with Crippen LogP contribution in [0.2, 0.25) is 0 Å². The number of nitrogens with two attached hydrogens (primary N) is 1. The molecule has 2 heterocycles. The van der Waals surface area contributed by atoms with Crippen molar-refractivity contribution in [2.75, 3.05) is 6.54 Å². The second kappa shape index (κ2) is 7.60. The molecule has 0 aliphatic carbocycles. The summed E-state index contributed by atoms with van der Waals surface area (Å²) < 4.78 is 5.70. The van der Waals surface area contributed by atoms with E-state index in [2.05, 4.69) is 15.3 Å². The summed E-state index contributed by atoms with van der Waals surface area (Å²) in [6.45, 7) is 2.24. The van der Waals surface area contributed by atoms with Gasteiger partial charge in [0.15, 0.2) is 0 Å². The molecule has 0 saturated heterocycles. The molecule has 1 aromatic carbocycles. The van der Waals surface area contributed by atoms with Crippen molar-refractivity contribution < 1.29 is 14.0 Å². The van der Waals surface area contributed by atoms with Crippen LogP contribution in [-0.2, 0) is 6.42 Å². The number of nitrogens with zero attached hydrogens (tertiary/aromatic N) is 2. The van der Waals surface area contributed by atoms with Crippen LogP contribution in [-0.4, -0.2) is 28.3 Å². The summed E-state index contributed by atoms with van der Waals surface area (Å²) in [5.74, 6) is 0.376. The maximum atomic E-state index is 12.1. The average molecular weight is 350 g/mol. The van der Waals surface area contributed by atoms with Gasteiger partial charge in [0.05, 0.1) is 11.3 Å². The molecule has 2 aromatic heterocycles. The van der Waals surface area contributed by atoms with Gasteiger partial charge in [-0.15, -0.1) is 0 Å². The van der Waals surface area contributed by atoms with E-state index in [1.54, 1.807) is 0 Å². The molecular weight excluding hydrogens is 332 g/mol. The topological polar surface area (TPSA) is 111 Å². The summed E-state index contributed by atoms with van der Waals surface area (Å²) in [7, 11) is 0. The Bertz CT molecular complexity index is 918. The van der Waals surface area contributed by atoms with Crippen LogP contribution in [0.1, 0.15) is 32.3 Å². The normalized spacial score (nSPS) is 10.5. The Kier molecular flexibility index (Phi) is 5.07. The quantitative estimate of drug-likeness (QED) is 0.707. The lowest BCUT2D eigenvalue weighted by Gasteiger charge is -2.04. The highest BCUT2D eigenvalue weighted by Crippen LogP contribution is 2.21. The van der Waals surface area contributed by atoms with Crippen molar-refractivity contribution in [2.24, 2.45) is 5.73 Å². The first kappa shape index (κ1) is 17.3. The maximum Gasteiger partial charge on any atom is 0.269 e. The SMILES string of the molecule is Cc1oc(-c2ccccc2)nc1CCNC(=O)c1ccc(C(N)=O)cn1. The predicted molar refractivity (Wildman–Crippen MR) is 95.5 cm³/mol. The lowest BCUT2D eigenvalue weighted by atomic mass is 10.2. The minimum absolute atomic E-state index is 0.219. The van der Waals surface area contributed by atoms with Gasteiger partial charge in [-0.25, -0.2) is 4.98 Å². The first-order valence-corrected chi connectivity index (χ1v) is 8.10. The van der Waals surface area contributed by atoms with Crippen LogP contribution in [0.25, 0.3) is 11.5 Å². The number of carbonyl (C=O) groups is 2. The van der Waals surface area contributed by atoms with Crippen LogP contribution in [0, 0.1) is 6.92 Å². The van der Waals surface area contributed by atoms with Crippen molar-refractivity contribution in [2.45, 2.75) is 13.3 Å². The van der Waals surface area contributed by atoms with E-state index in [1.165, 1.54) is 18.3 Å². The second-order valence-electron chi connectivity index (χ2n) is 5.69. The number of pyridine rings is 1. The molecule has 132 valence electrons. The van der Waals surface area contributed by atoms with Gasteiger partial charge in [0.25, 0.3) is 5.91 Å². The first-order chi connectivity index (χ1) is 12.5. The number of amides is 2. The first-order valence-electron chi connectivity index (χ1n) is 8.10. The predicted octanol–water partition coefficient (Wildman–Crippen LogP) is 2.12. The van der Waals surface area contributed by atoms with Crippen LogP contribution in [0.3, 0.4) is 0 Å². The highest BCUT2D eigenvalue weighted by atomic mass is 16.4. The Labute approximate surface area is 150 Å². The van der Waals surface area contributed by atoms with Crippen molar-refractivity contribution >= 4 is 11.8 Å². The van der Waals surface area contributed by atoms with E-state index >= 15 is 0 Å². The zero-order valence-corrected chi connectivity index (χ0v) is 14.2. The van der Waals surface area contributed by atoms with Crippen molar-refractivity contribution in [3.63, 3.8) is 0 Å². The fraction of sp³-hybridized carbons (Fsp3) is 0.158. The molecule has 0 aliphatic rings.